The minimum Gasteiger partial charge on any atom is -0.313 e. The molecule has 1 heterocycles. The SMILES string of the molecule is CCN(Cc1cc(F)cc(Br)c1)CC1CCCCN1. The molecule has 0 aliphatic carbocycles. The van der Waals surface area contributed by atoms with E-state index in [1.54, 1.807) is 6.07 Å². The predicted molar refractivity (Wildman–Crippen MR) is 80.7 cm³/mol. The van der Waals surface area contributed by atoms with Crippen LogP contribution in [0, 0.1) is 5.82 Å². The molecule has 106 valence electrons. The highest BCUT2D eigenvalue weighted by Gasteiger charge is 2.16. The lowest BCUT2D eigenvalue weighted by molar-refractivity contribution is 0.226. The molecule has 1 aromatic carbocycles. The van der Waals surface area contributed by atoms with Gasteiger partial charge in [-0.25, -0.2) is 4.39 Å². The van der Waals surface area contributed by atoms with Crippen molar-refractivity contribution in [3.05, 3.63) is 34.1 Å². The lowest BCUT2D eigenvalue weighted by Gasteiger charge is -2.30. The molecule has 19 heavy (non-hydrogen) atoms. The largest absolute Gasteiger partial charge is 0.313 e. The van der Waals surface area contributed by atoms with Gasteiger partial charge in [0, 0.05) is 23.6 Å². The van der Waals surface area contributed by atoms with Gasteiger partial charge in [-0.3, -0.25) is 4.90 Å². The van der Waals surface area contributed by atoms with E-state index in [2.05, 4.69) is 33.1 Å². The summed E-state index contributed by atoms with van der Waals surface area (Å²) in [6, 6.07) is 5.72. The Hall–Kier alpha value is -0.450. The fourth-order valence-corrected chi connectivity index (χ4v) is 3.17. The molecule has 1 unspecified atom stereocenters. The van der Waals surface area contributed by atoms with Crippen LogP contribution in [0.25, 0.3) is 0 Å². The van der Waals surface area contributed by atoms with Crippen molar-refractivity contribution in [2.75, 3.05) is 19.6 Å². The number of hydrogen-bond acceptors (Lipinski definition) is 2. The van der Waals surface area contributed by atoms with Gasteiger partial charge in [0.1, 0.15) is 5.82 Å². The average molecular weight is 329 g/mol. The number of piperidine rings is 1. The van der Waals surface area contributed by atoms with Crippen molar-refractivity contribution in [2.45, 2.75) is 38.8 Å². The summed E-state index contributed by atoms with van der Waals surface area (Å²) in [5.74, 6) is -0.170. The van der Waals surface area contributed by atoms with Gasteiger partial charge in [-0.05, 0) is 49.7 Å². The zero-order valence-electron chi connectivity index (χ0n) is 11.5. The van der Waals surface area contributed by atoms with Crippen molar-refractivity contribution in [1.29, 1.82) is 0 Å². The van der Waals surface area contributed by atoms with Crippen LogP contribution >= 0.6 is 15.9 Å². The van der Waals surface area contributed by atoms with Gasteiger partial charge in [-0.2, -0.15) is 0 Å². The number of rotatable bonds is 5. The topological polar surface area (TPSA) is 15.3 Å². The first-order chi connectivity index (χ1) is 9.17. The summed E-state index contributed by atoms with van der Waals surface area (Å²) in [6.07, 6.45) is 3.86. The van der Waals surface area contributed by atoms with E-state index in [0.29, 0.717) is 6.04 Å². The Bertz CT molecular complexity index is 385. The fraction of sp³-hybridized carbons (Fsp3) is 0.600. The van der Waals surface area contributed by atoms with Crippen molar-refractivity contribution in [3.8, 4) is 0 Å². The molecule has 0 bridgehead atoms. The minimum atomic E-state index is -0.170. The van der Waals surface area contributed by atoms with E-state index in [4.69, 9.17) is 0 Å². The van der Waals surface area contributed by atoms with Gasteiger partial charge in [-0.15, -0.1) is 0 Å². The normalized spacial score (nSPS) is 19.9. The van der Waals surface area contributed by atoms with Crippen molar-refractivity contribution in [3.63, 3.8) is 0 Å². The molecule has 1 N–H and O–H groups in total. The maximum absolute atomic E-state index is 13.4. The van der Waals surface area contributed by atoms with Gasteiger partial charge in [-0.1, -0.05) is 29.3 Å². The monoisotopic (exact) mass is 328 g/mol. The molecule has 0 amide bonds. The molecule has 1 aromatic rings. The molecule has 2 nitrogen and oxygen atoms in total. The maximum atomic E-state index is 13.4. The van der Waals surface area contributed by atoms with Crippen LogP contribution in [0.2, 0.25) is 0 Å². The Kier molecular flexibility index (Phi) is 5.79. The van der Waals surface area contributed by atoms with Crippen molar-refractivity contribution < 1.29 is 4.39 Å². The Balaban J connectivity index is 1.93. The van der Waals surface area contributed by atoms with Gasteiger partial charge < -0.3 is 5.32 Å². The van der Waals surface area contributed by atoms with Gasteiger partial charge in [0.05, 0.1) is 0 Å². The Labute approximate surface area is 123 Å². The number of halogens is 2. The van der Waals surface area contributed by atoms with Gasteiger partial charge in [0.25, 0.3) is 0 Å². The lowest BCUT2D eigenvalue weighted by atomic mass is 10.0. The fourth-order valence-electron chi connectivity index (χ4n) is 2.66. The number of nitrogens with one attached hydrogen (secondary N) is 1. The molecule has 1 aliphatic rings. The minimum absolute atomic E-state index is 0.170. The molecule has 1 aliphatic heterocycles. The molecular weight excluding hydrogens is 307 g/mol. The van der Waals surface area contributed by atoms with E-state index >= 15 is 0 Å². The van der Waals surface area contributed by atoms with Crippen LogP contribution in [-0.4, -0.2) is 30.6 Å². The third kappa shape index (κ3) is 4.86. The van der Waals surface area contributed by atoms with Crippen molar-refractivity contribution in [1.82, 2.24) is 10.2 Å². The van der Waals surface area contributed by atoms with Crippen LogP contribution in [0.4, 0.5) is 4.39 Å². The second kappa shape index (κ2) is 7.36. The molecule has 1 fully saturated rings. The molecule has 4 heteroatoms. The number of likely N-dealkylation sites (N-methyl/N-ethyl adjacent to an activating group) is 1. The second-order valence-electron chi connectivity index (χ2n) is 5.25. The zero-order chi connectivity index (χ0) is 13.7. The first kappa shape index (κ1) is 14.9. The molecule has 0 saturated carbocycles. The summed E-state index contributed by atoms with van der Waals surface area (Å²) in [7, 11) is 0. The number of nitrogens with zero attached hydrogens (tertiary/aromatic N) is 1. The Morgan fingerprint density at radius 3 is 2.84 bits per heavy atom. The van der Waals surface area contributed by atoms with Gasteiger partial charge in [0.15, 0.2) is 0 Å². The Morgan fingerprint density at radius 1 is 1.37 bits per heavy atom. The number of benzene rings is 1. The zero-order valence-corrected chi connectivity index (χ0v) is 13.0. The summed E-state index contributed by atoms with van der Waals surface area (Å²) in [4.78, 5) is 2.38. The van der Waals surface area contributed by atoms with Crippen LogP contribution in [0.5, 0.6) is 0 Å². The standard InChI is InChI=1S/C15H22BrFN2/c1-2-19(11-15-5-3-4-6-18-15)10-12-7-13(16)9-14(17)8-12/h7-9,15,18H,2-6,10-11H2,1H3. The van der Waals surface area contributed by atoms with Crippen LogP contribution in [0.3, 0.4) is 0 Å². The number of hydrogen-bond donors (Lipinski definition) is 1. The Morgan fingerprint density at radius 2 is 2.21 bits per heavy atom. The van der Waals surface area contributed by atoms with Crippen LogP contribution < -0.4 is 5.32 Å². The van der Waals surface area contributed by atoms with Crippen LogP contribution in [0.15, 0.2) is 22.7 Å². The summed E-state index contributed by atoms with van der Waals surface area (Å²) >= 11 is 3.35. The van der Waals surface area contributed by atoms with E-state index in [1.165, 1.54) is 25.3 Å². The third-order valence-electron chi connectivity index (χ3n) is 3.67. The van der Waals surface area contributed by atoms with E-state index in [-0.39, 0.29) is 5.82 Å². The highest BCUT2D eigenvalue weighted by atomic mass is 79.9. The van der Waals surface area contributed by atoms with E-state index in [1.807, 2.05) is 6.07 Å². The van der Waals surface area contributed by atoms with Gasteiger partial charge >= 0.3 is 0 Å². The maximum Gasteiger partial charge on any atom is 0.124 e. The summed E-state index contributed by atoms with van der Waals surface area (Å²) < 4.78 is 14.2. The first-order valence-electron chi connectivity index (χ1n) is 7.08. The summed E-state index contributed by atoms with van der Waals surface area (Å²) in [5.41, 5.74) is 1.03. The highest BCUT2D eigenvalue weighted by molar-refractivity contribution is 9.10. The summed E-state index contributed by atoms with van der Waals surface area (Å²) in [5, 5.41) is 3.57. The first-order valence-corrected chi connectivity index (χ1v) is 7.87. The smallest absolute Gasteiger partial charge is 0.124 e. The van der Waals surface area contributed by atoms with Crippen LogP contribution in [-0.2, 0) is 6.54 Å². The van der Waals surface area contributed by atoms with Crippen molar-refractivity contribution >= 4 is 15.9 Å². The van der Waals surface area contributed by atoms with E-state index in [0.717, 1.165) is 36.2 Å². The lowest BCUT2D eigenvalue weighted by Crippen LogP contribution is -2.43. The van der Waals surface area contributed by atoms with E-state index in [9.17, 15) is 4.39 Å². The molecule has 2 rings (SSSR count). The quantitative estimate of drug-likeness (QED) is 0.889. The molecule has 0 aromatic heterocycles. The highest BCUT2D eigenvalue weighted by Crippen LogP contribution is 2.17. The second-order valence-corrected chi connectivity index (χ2v) is 6.17. The predicted octanol–water partition coefficient (Wildman–Crippen LogP) is 3.55. The molecule has 1 atom stereocenters. The molecule has 1 saturated heterocycles. The molecule has 0 radical (unpaired) electrons. The summed E-state index contributed by atoms with van der Waals surface area (Å²) in [6.45, 7) is 6.15. The van der Waals surface area contributed by atoms with Crippen LogP contribution in [0.1, 0.15) is 31.7 Å². The van der Waals surface area contributed by atoms with E-state index < -0.39 is 0 Å². The molecular formula is C15H22BrFN2. The van der Waals surface area contributed by atoms with Crippen molar-refractivity contribution in [2.24, 2.45) is 0 Å². The molecule has 0 spiro atoms. The van der Waals surface area contributed by atoms with Gasteiger partial charge in [0.2, 0.25) is 0 Å². The average Bonchev–Trinajstić information content (AvgIpc) is 2.38. The third-order valence-corrected chi connectivity index (χ3v) is 4.12.